The average Bonchev–Trinajstić information content (AvgIpc) is 2.63. The van der Waals surface area contributed by atoms with Gasteiger partial charge in [-0.25, -0.2) is 0 Å². The van der Waals surface area contributed by atoms with Gasteiger partial charge in [0.25, 0.3) is 0 Å². The van der Waals surface area contributed by atoms with Crippen LogP contribution in [0, 0.1) is 0 Å². The van der Waals surface area contributed by atoms with Crippen LogP contribution in [0.4, 0.5) is 5.69 Å². The van der Waals surface area contributed by atoms with Gasteiger partial charge in [0.1, 0.15) is 6.04 Å². The predicted molar refractivity (Wildman–Crippen MR) is 78.9 cm³/mol. The van der Waals surface area contributed by atoms with E-state index < -0.39 is 6.04 Å². The molecular weight excluding hydrogens is 276 g/mol. The summed E-state index contributed by atoms with van der Waals surface area (Å²) in [5.41, 5.74) is 1.10. The molecule has 20 heavy (non-hydrogen) atoms. The highest BCUT2D eigenvalue weighted by atomic mass is 32.2. The number of rotatable bonds is 3. The van der Waals surface area contributed by atoms with E-state index in [9.17, 15) is 14.4 Å². The van der Waals surface area contributed by atoms with Crippen LogP contribution in [-0.2, 0) is 9.59 Å². The highest BCUT2D eigenvalue weighted by molar-refractivity contribution is 7.99. The minimum absolute atomic E-state index is 0.0561. The number of ketones is 1. The predicted octanol–water partition coefficient (Wildman–Crippen LogP) is 1.45. The zero-order valence-electron chi connectivity index (χ0n) is 11.1. The quantitative estimate of drug-likeness (QED) is 0.827. The van der Waals surface area contributed by atoms with Crippen LogP contribution < -0.4 is 10.6 Å². The average molecular weight is 292 g/mol. The summed E-state index contributed by atoms with van der Waals surface area (Å²) in [6, 6.07) is 6.23. The SMILES string of the molecule is CC(=O)c1cccc(NC(=O)[C@H]2CSCCC(=O)N2)c1. The molecule has 0 bridgehead atoms. The van der Waals surface area contributed by atoms with E-state index in [1.807, 2.05) is 0 Å². The summed E-state index contributed by atoms with van der Waals surface area (Å²) in [6.45, 7) is 1.48. The Hall–Kier alpha value is -1.82. The highest BCUT2D eigenvalue weighted by Crippen LogP contribution is 2.14. The number of benzene rings is 1. The van der Waals surface area contributed by atoms with Gasteiger partial charge in [-0.05, 0) is 19.1 Å². The lowest BCUT2D eigenvalue weighted by atomic mass is 10.1. The first-order chi connectivity index (χ1) is 9.56. The monoisotopic (exact) mass is 292 g/mol. The summed E-state index contributed by atoms with van der Waals surface area (Å²) in [6.07, 6.45) is 0.439. The van der Waals surface area contributed by atoms with Crippen molar-refractivity contribution in [3.05, 3.63) is 29.8 Å². The lowest BCUT2D eigenvalue weighted by Gasteiger charge is -2.15. The molecule has 0 unspecified atom stereocenters. The van der Waals surface area contributed by atoms with Crippen molar-refractivity contribution in [1.29, 1.82) is 0 Å². The summed E-state index contributed by atoms with van der Waals surface area (Å²) in [5, 5.41) is 5.43. The van der Waals surface area contributed by atoms with Crippen molar-refractivity contribution in [3.63, 3.8) is 0 Å². The van der Waals surface area contributed by atoms with Crippen molar-refractivity contribution in [3.8, 4) is 0 Å². The van der Waals surface area contributed by atoms with Crippen LogP contribution >= 0.6 is 11.8 Å². The van der Waals surface area contributed by atoms with Gasteiger partial charge in [-0.1, -0.05) is 12.1 Å². The molecule has 1 atom stereocenters. The molecule has 2 amide bonds. The summed E-state index contributed by atoms with van der Waals surface area (Å²) < 4.78 is 0. The van der Waals surface area contributed by atoms with Crippen LogP contribution in [0.15, 0.2) is 24.3 Å². The van der Waals surface area contributed by atoms with Crippen LogP contribution in [0.2, 0.25) is 0 Å². The van der Waals surface area contributed by atoms with Crippen molar-refractivity contribution in [2.24, 2.45) is 0 Å². The molecule has 0 radical (unpaired) electrons. The highest BCUT2D eigenvalue weighted by Gasteiger charge is 2.23. The number of carbonyl (C=O) groups excluding carboxylic acids is 3. The maximum atomic E-state index is 12.1. The van der Waals surface area contributed by atoms with Crippen LogP contribution in [0.25, 0.3) is 0 Å². The molecule has 1 aliphatic heterocycles. The Kier molecular flexibility index (Phi) is 4.79. The van der Waals surface area contributed by atoms with E-state index in [1.54, 1.807) is 36.0 Å². The Morgan fingerprint density at radius 2 is 2.20 bits per heavy atom. The molecule has 0 aliphatic carbocycles. The maximum absolute atomic E-state index is 12.1. The van der Waals surface area contributed by atoms with Gasteiger partial charge in [0.05, 0.1) is 0 Å². The van der Waals surface area contributed by atoms with Gasteiger partial charge in [-0.2, -0.15) is 11.8 Å². The Bertz CT molecular complexity index is 545. The molecule has 2 rings (SSSR count). The van der Waals surface area contributed by atoms with E-state index in [1.165, 1.54) is 6.92 Å². The number of nitrogens with one attached hydrogen (secondary N) is 2. The fourth-order valence-corrected chi connectivity index (χ4v) is 2.83. The Morgan fingerprint density at radius 3 is 2.95 bits per heavy atom. The van der Waals surface area contributed by atoms with Crippen LogP contribution in [-0.4, -0.2) is 35.1 Å². The van der Waals surface area contributed by atoms with E-state index in [0.717, 1.165) is 5.75 Å². The van der Waals surface area contributed by atoms with Gasteiger partial charge in [0.2, 0.25) is 11.8 Å². The van der Waals surface area contributed by atoms with E-state index in [0.29, 0.717) is 23.4 Å². The number of Topliss-reactive ketones (excluding diaryl/α,β-unsaturated/α-hetero) is 1. The summed E-state index contributed by atoms with van der Waals surface area (Å²) in [7, 11) is 0. The van der Waals surface area contributed by atoms with E-state index in [-0.39, 0.29) is 17.6 Å². The smallest absolute Gasteiger partial charge is 0.247 e. The first kappa shape index (κ1) is 14.6. The maximum Gasteiger partial charge on any atom is 0.247 e. The summed E-state index contributed by atoms with van der Waals surface area (Å²) >= 11 is 1.58. The molecule has 1 fully saturated rings. The Labute approximate surface area is 121 Å². The zero-order chi connectivity index (χ0) is 14.5. The van der Waals surface area contributed by atoms with Gasteiger partial charge < -0.3 is 10.6 Å². The minimum atomic E-state index is -0.531. The standard InChI is InChI=1S/C14H16N2O3S/c1-9(17)10-3-2-4-11(7-10)15-14(19)12-8-20-6-5-13(18)16-12/h2-4,7,12H,5-6,8H2,1H3,(H,15,19)(H,16,18)/t12-/m1/s1. The first-order valence-corrected chi connectivity index (χ1v) is 7.50. The lowest BCUT2D eigenvalue weighted by Crippen LogP contribution is -2.44. The second-order valence-corrected chi connectivity index (χ2v) is 5.72. The van der Waals surface area contributed by atoms with E-state index in [2.05, 4.69) is 10.6 Å². The van der Waals surface area contributed by atoms with Crippen LogP contribution in [0.3, 0.4) is 0 Å². The molecule has 1 aromatic carbocycles. The molecule has 1 heterocycles. The fourth-order valence-electron chi connectivity index (χ4n) is 1.86. The Morgan fingerprint density at radius 1 is 1.40 bits per heavy atom. The molecular formula is C14H16N2O3S. The van der Waals surface area contributed by atoms with Crippen molar-refractivity contribution in [2.45, 2.75) is 19.4 Å². The molecule has 0 saturated carbocycles. The molecule has 5 nitrogen and oxygen atoms in total. The van der Waals surface area contributed by atoms with Crippen molar-refractivity contribution in [2.75, 3.05) is 16.8 Å². The molecule has 6 heteroatoms. The van der Waals surface area contributed by atoms with Gasteiger partial charge in [-0.15, -0.1) is 0 Å². The first-order valence-electron chi connectivity index (χ1n) is 6.35. The Balaban J connectivity index is 2.05. The van der Waals surface area contributed by atoms with E-state index >= 15 is 0 Å². The zero-order valence-corrected chi connectivity index (χ0v) is 12.0. The topological polar surface area (TPSA) is 75.3 Å². The normalized spacial score (nSPS) is 18.9. The molecule has 0 aromatic heterocycles. The van der Waals surface area contributed by atoms with Crippen molar-refractivity contribution >= 4 is 35.0 Å². The van der Waals surface area contributed by atoms with Crippen molar-refractivity contribution < 1.29 is 14.4 Å². The third-order valence-electron chi connectivity index (χ3n) is 2.95. The van der Waals surface area contributed by atoms with Crippen LogP contribution in [0.1, 0.15) is 23.7 Å². The van der Waals surface area contributed by atoms with Gasteiger partial charge in [-0.3, -0.25) is 14.4 Å². The lowest BCUT2D eigenvalue weighted by molar-refractivity contribution is -0.125. The molecule has 106 valence electrons. The largest absolute Gasteiger partial charge is 0.343 e. The fraction of sp³-hybridized carbons (Fsp3) is 0.357. The number of anilines is 1. The summed E-state index contributed by atoms with van der Waals surface area (Å²) in [4.78, 5) is 34.9. The molecule has 1 aromatic rings. The van der Waals surface area contributed by atoms with Gasteiger partial charge in [0, 0.05) is 29.2 Å². The van der Waals surface area contributed by atoms with Crippen LogP contribution in [0.5, 0.6) is 0 Å². The third kappa shape index (κ3) is 3.84. The summed E-state index contributed by atoms with van der Waals surface area (Å²) in [5.74, 6) is 0.875. The molecule has 2 N–H and O–H groups in total. The second-order valence-electron chi connectivity index (χ2n) is 4.57. The van der Waals surface area contributed by atoms with Crippen molar-refractivity contribution in [1.82, 2.24) is 5.32 Å². The van der Waals surface area contributed by atoms with Gasteiger partial charge in [0.15, 0.2) is 5.78 Å². The number of thioether (sulfide) groups is 1. The van der Waals surface area contributed by atoms with Gasteiger partial charge >= 0.3 is 0 Å². The molecule has 0 spiro atoms. The third-order valence-corrected chi connectivity index (χ3v) is 4.01. The number of carbonyl (C=O) groups is 3. The number of amides is 2. The molecule has 1 saturated heterocycles. The molecule has 1 aliphatic rings. The number of hydrogen-bond acceptors (Lipinski definition) is 4. The minimum Gasteiger partial charge on any atom is -0.343 e. The number of hydrogen-bond donors (Lipinski definition) is 2. The second kappa shape index (κ2) is 6.56. The van der Waals surface area contributed by atoms with E-state index in [4.69, 9.17) is 0 Å².